The standard InChI is InChI=1S/C15H14N2O3/c1-20-13(18)8-11-14-10(6-7-16-15(11)19)9-4-2-3-5-12(9)17-14/h2-5,8,17H,6-7H2,1H3,(H,16,19)/b11-8-. The molecule has 2 heterocycles. The number of hydrogen-bond acceptors (Lipinski definition) is 3. The average Bonchev–Trinajstić information content (AvgIpc) is 2.75. The summed E-state index contributed by atoms with van der Waals surface area (Å²) in [4.78, 5) is 26.8. The molecule has 0 aliphatic carbocycles. The predicted octanol–water partition coefficient (Wildman–Crippen LogP) is 1.40. The van der Waals surface area contributed by atoms with Gasteiger partial charge in [0, 0.05) is 23.5 Å². The minimum atomic E-state index is -0.540. The monoisotopic (exact) mass is 270 g/mol. The first kappa shape index (κ1) is 12.5. The van der Waals surface area contributed by atoms with Crippen molar-refractivity contribution in [3.05, 3.63) is 41.6 Å². The number of rotatable bonds is 1. The molecule has 1 aliphatic rings. The van der Waals surface area contributed by atoms with Gasteiger partial charge < -0.3 is 15.0 Å². The molecule has 1 aromatic heterocycles. The number of aromatic nitrogens is 1. The number of esters is 1. The lowest BCUT2D eigenvalue weighted by Crippen LogP contribution is -2.24. The highest BCUT2D eigenvalue weighted by molar-refractivity contribution is 6.24. The molecular weight excluding hydrogens is 256 g/mol. The van der Waals surface area contributed by atoms with Gasteiger partial charge in [-0.2, -0.15) is 0 Å². The quantitative estimate of drug-likeness (QED) is 0.607. The van der Waals surface area contributed by atoms with E-state index in [1.807, 2.05) is 24.3 Å². The first-order valence-electron chi connectivity index (χ1n) is 6.38. The highest BCUT2D eigenvalue weighted by Gasteiger charge is 2.24. The molecule has 0 unspecified atom stereocenters. The molecule has 0 saturated carbocycles. The Morgan fingerprint density at radius 2 is 2.15 bits per heavy atom. The van der Waals surface area contributed by atoms with E-state index in [1.165, 1.54) is 13.2 Å². The first-order valence-corrected chi connectivity index (χ1v) is 6.38. The number of carbonyl (C=O) groups excluding carboxylic acids is 2. The lowest BCUT2D eigenvalue weighted by molar-refractivity contribution is -0.135. The third-order valence-electron chi connectivity index (χ3n) is 3.45. The lowest BCUT2D eigenvalue weighted by atomic mass is 10.0. The molecule has 0 saturated heterocycles. The second kappa shape index (κ2) is 4.85. The van der Waals surface area contributed by atoms with Crippen molar-refractivity contribution in [1.82, 2.24) is 10.3 Å². The number of hydrogen-bond donors (Lipinski definition) is 2. The topological polar surface area (TPSA) is 71.2 Å². The van der Waals surface area contributed by atoms with Gasteiger partial charge >= 0.3 is 5.97 Å². The van der Waals surface area contributed by atoms with Crippen LogP contribution in [-0.2, 0) is 20.7 Å². The number of H-pyrrole nitrogens is 1. The van der Waals surface area contributed by atoms with Gasteiger partial charge in [-0.15, -0.1) is 0 Å². The minimum absolute atomic E-state index is 0.263. The summed E-state index contributed by atoms with van der Waals surface area (Å²) >= 11 is 0. The second-order valence-corrected chi connectivity index (χ2v) is 4.61. The Kier molecular flexibility index (Phi) is 3.02. The summed E-state index contributed by atoms with van der Waals surface area (Å²) in [6.07, 6.45) is 1.96. The van der Waals surface area contributed by atoms with Crippen LogP contribution >= 0.6 is 0 Å². The number of fused-ring (bicyclic) bond motifs is 3. The van der Waals surface area contributed by atoms with Crippen LogP contribution in [0, 0.1) is 0 Å². The molecule has 1 amide bonds. The van der Waals surface area contributed by atoms with E-state index in [9.17, 15) is 9.59 Å². The number of para-hydroxylation sites is 1. The van der Waals surface area contributed by atoms with Crippen molar-refractivity contribution in [3.8, 4) is 0 Å². The molecule has 1 aliphatic heterocycles. The van der Waals surface area contributed by atoms with E-state index in [4.69, 9.17) is 0 Å². The molecule has 0 fully saturated rings. The van der Waals surface area contributed by atoms with Gasteiger partial charge in [0.2, 0.25) is 0 Å². The fourth-order valence-corrected chi connectivity index (χ4v) is 2.51. The Morgan fingerprint density at radius 1 is 1.35 bits per heavy atom. The number of ether oxygens (including phenoxy) is 1. The highest BCUT2D eigenvalue weighted by Crippen LogP contribution is 2.29. The van der Waals surface area contributed by atoms with Gasteiger partial charge in [0.1, 0.15) is 0 Å². The van der Waals surface area contributed by atoms with Crippen LogP contribution in [0.2, 0.25) is 0 Å². The van der Waals surface area contributed by atoms with Gasteiger partial charge in [-0.1, -0.05) is 18.2 Å². The van der Waals surface area contributed by atoms with Crippen LogP contribution in [0.3, 0.4) is 0 Å². The average molecular weight is 270 g/mol. The molecule has 5 nitrogen and oxygen atoms in total. The summed E-state index contributed by atoms with van der Waals surface area (Å²) in [5.74, 6) is -0.803. The summed E-state index contributed by atoms with van der Waals surface area (Å²) in [7, 11) is 1.29. The Balaban J connectivity index is 2.24. The molecular formula is C15H14N2O3. The van der Waals surface area contributed by atoms with E-state index in [-0.39, 0.29) is 5.91 Å². The number of carbonyl (C=O) groups is 2. The SMILES string of the molecule is COC(=O)/C=C1\C(=O)NCCc2c1[nH]c1ccccc21. The van der Waals surface area contributed by atoms with Gasteiger partial charge in [0.25, 0.3) is 5.91 Å². The van der Waals surface area contributed by atoms with Crippen LogP contribution in [0.1, 0.15) is 11.3 Å². The summed E-state index contributed by atoms with van der Waals surface area (Å²) in [5.41, 5.74) is 3.03. The maximum Gasteiger partial charge on any atom is 0.331 e. The Morgan fingerprint density at radius 3 is 2.95 bits per heavy atom. The summed E-state index contributed by atoms with van der Waals surface area (Å²) in [6, 6.07) is 7.86. The number of amides is 1. The Bertz CT molecular complexity index is 728. The van der Waals surface area contributed by atoms with Gasteiger partial charge in [-0.05, 0) is 18.1 Å². The van der Waals surface area contributed by atoms with Crippen LogP contribution in [-0.4, -0.2) is 30.5 Å². The molecule has 20 heavy (non-hydrogen) atoms. The zero-order valence-electron chi connectivity index (χ0n) is 11.0. The van der Waals surface area contributed by atoms with Crippen molar-refractivity contribution in [2.24, 2.45) is 0 Å². The van der Waals surface area contributed by atoms with Crippen molar-refractivity contribution < 1.29 is 14.3 Å². The van der Waals surface area contributed by atoms with Crippen LogP contribution in [0.4, 0.5) is 0 Å². The van der Waals surface area contributed by atoms with E-state index in [1.54, 1.807) is 0 Å². The summed E-state index contributed by atoms with van der Waals surface area (Å²) in [6.45, 7) is 0.548. The first-order chi connectivity index (χ1) is 9.70. The number of benzene rings is 1. The maximum atomic E-state index is 12.1. The molecule has 3 rings (SSSR count). The van der Waals surface area contributed by atoms with Crippen LogP contribution < -0.4 is 5.32 Å². The van der Waals surface area contributed by atoms with E-state index >= 15 is 0 Å². The summed E-state index contributed by atoms with van der Waals surface area (Å²) < 4.78 is 4.62. The third kappa shape index (κ3) is 1.97. The number of methoxy groups -OCH3 is 1. The molecule has 102 valence electrons. The number of nitrogens with one attached hydrogen (secondary N) is 2. The highest BCUT2D eigenvalue weighted by atomic mass is 16.5. The Hall–Kier alpha value is -2.56. The smallest absolute Gasteiger partial charge is 0.331 e. The predicted molar refractivity (Wildman–Crippen MR) is 75.0 cm³/mol. The second-order valence-electron chi connectivity index (χ2n) is 4.61. The van der Waals surface area contributed by atoms with Gasteiger partial charge in [-0.25, -0.2) is 4.79 Å². The fraction of sp³-hybridized carbons (Fsp3) is 0.200. The molecule has 0 atom stereocenters. The minimum Gasteiger partial charge on any atom is -0.466 e. The van der Waals surface area contributed by atoms with Crippen LogP contribution in [0.5, 0.6) is 0 Å². The Labute approximate surface area is 115 Å². The molecule has 2 N–H and O–H groups in total. The third-order valence-corrected chi connectivity index (χ3v) is 3.45. The largest absolute Gasteiger partial charge is 0.466 e. The zero-order valence-corrected chi connectivity index (χ0v) is 11.0. The van der Waals surface area contributed by atoms with Crippen molar-refractivity contribution in [2.45, 2.75) is 6.42 Å². The molecule has 1 aromatic carbocycles. The van der Waals surface area contributed by atoms with Crippen LogP contribution in [0.25, 0.3) is 16.5 Å². The molecule has 0 radical (unpaired) electrons. The van der Waals surface area contributed by atoms with Gasteiger partial charge in [0.15, 0.2) is 0 Å². The van der Waals surface area contributed by atoms with E-state index in [0.29, 0.717) is 17.8 Å². The van der Waals surface area contributed by atoms with E-state index in [2.05, 4.69) is 15.0 Å². The fourth-order valence-electron chi connectivity index (χ4n) is 2.51. The van der Waals surface area contributed by atoms with Crippen molar-refractivity contribution in [1.29, 1.82) is 0 Å². The van der Waals surface area contributed by atoms with Gasteiger partial charge in [-0.3, -0.25) is 4.79 Å². The maximum absolute atomic E-state index is 12.1. The van der Waals surface area contributed by atoms with Crippen molar-refractivity contribution in [3.63, 3.8) is 0 Å². The summed E-state index contributed by atoms with van der Waals surface area (Å²) in [5, 5.41) is 3.87. The number of aromatic amines is 1. The molecule has 0 spiro atoms. The molecule has 5 heteroatoms. The van der Waals surface area contributed by atoms with Gasteiger partial charge in [0.05, 0.1) is 18.4 Å². The van der Waals surface area contributed by atoms with E-state index < -0.39 is 5.97 Å². The lowest BCUT2D eigenvalue weighted by Gasteiger charge is -2.03. The molecule has 0 bridgehead atoms. The molecule has 2 aromatic rings. The van der Waals surface area contributed by atoms with Crippen LogP contribution in [0.15, 0.2) is 30.3 Å². The van der Waals surface area contributed by atoms with E-state index in [0.717, 1.165) is 22.9 Å². The zero-order chi connectivity index (χ0) is 14.1. The normalized spacial score (nSPS) is 16.6. The van der Waals surface area contributed by atoms with Crippen molar-refractivity contribution in [2.75, 3.05) is 13.7 Å². The van der Waals surface area contributed by atoms with Crippen molar-refractivity contribution >= 4 is 28.4 Å².